The number of benzene rings is 2. The van der Waals surface area contributed by atoms with Crippen molar-refractivity contribution >= 4 is 35.4 Å². The van der Waals surface area contributed by atoms with E-state index < -0.39 is 24.0 Å². The van der Waals surface area contributed by atoms with Gasteiger partial charge in [0.1, 0.15) is 18.3 Å². The van der Waals surface area contributed by atoms with E-state index in [1.54, 1.807) is 0 Å². The molecule has 182 valence electrons. The first-order valence-corrected chi connectivity index (χ1v) is 12.5. The number of rotatable bonds is 9. The molecule has 2 amide bonds. The van der Waals surface area contributed by atoms with Gasteiger partial charge in [0.15, 0.2) is 0 Å². The standard InChI is InChI=1S/C25H26N4O5S/c1-29-22(23(30)27-20(24(31)32)11-12-35-2)21(13-26-29)28-25(33)34-14-19-17-9-5-3-7-15(17)16-8-4-6-10-18(16)19/h3-10,13,19-20H,11-12,14H2,1-2H3,(H,27,30)(H,28,33)(H,31,32)/t20-/m1/s1. The van der Waals surface area contributed by atoms with Gasteiger partial charge in [-0.3, -0.25) is 14.8 Å². The lowest BCUT2D eigenvalue weighted by Gasteiger charge is -2.16. The van der Waals surface area contributed by atoms with Gasteiger partial charge >= 0.3 is 12.1 Å². The molecule has 0 unspecified atom stereocenters. The minimum atomic E-state index is -1.12. The number of carbonyl (C=O) groups is 3. The van der Waals surface area contributed by atoms with E-state index in [1.807, 2.05) is 42.7 Å². The number of amides is 2. The molecule has 0 spiro atoms. The smallest absolute Gasteiger partial charge is 0.411 e. The molecule has 2 aromatic carbocycles. The second-order valence-electron chi connectivity index (χ2n) is 8.13. The van der Waals surface area contributed by atoms with E-state index in [9.17, 15) is 19.5 Å². The van der Waals surface area contributed by atoms with E-state index in [1.165, 1.54) is 29.7 Å². The average molecular weight is 495 g/mol. The number of nitrogens with zero attached hydrogens (tertiary/aromatic N) is 2. The summed E-state index contributed by atoms with van der Waals surface area (Å²) in [7, 11) is 1.54. The van der Waals surface area contributed by atoms with Gasteiger partial charge in [0, 0.05) is 13.0 Å². The topological polar surface area (TPSA) is 123 Å². The number of ether oxygens (including phenoxy) is 1. The number of thioether (sulfide) groups is 1. The highest BCUT2D eigenvalue weighted by Gasteiger charge is 2.30. The van der Waals surface area contributed by atoms with Gasteiger partial charge in [-0.05, 0) is 40.7 Å². The molecule has 1 aliphatic rings. The quantitative estimate of drug-likeness (QED) is 0.414. The van der Waals surface area contributed by atoms with Crippen LogP contribution in [0.25, 0.3) is 11.1 Å². The van der Waals surface area contributed by atoms with Crippen LogP contribution in [0.3, 0.4) is 0 Å². The SMILES string of the molecule is CSCC[C@@H](NC(=O)c1c(NC(=O)OCC2c3ccccc3-c3ccccc32)cnn1C)C(=O)O. The number of hydrogen-bond acceptors (Lipinski definition) is 6. The number of aromatic nitrogens is 2. The summed E-state index contributed by atoms with van der Waals surface area (Å²) in [6.07, 6.45) is 2.73. The van der Waals surface area contributed by atoms with E-state index >= 15 is 0 Å². The van der Waals surface area contributed by atoms with Crippen molar-refractivity contribution in [3.8, 4) is 11.1 Å². The predicted molar refractivity (Wildman–Crippen MR) is 134 cm³/mol. The summed E-state index contributed by atoms with van der Waals surface area (Å²) in [5.74, 6) is -1.29. The molecule has 10 heteroatoms. The van der Waals surface area contributed by atoms with Crippen LogP contribution in [0.15, 0.2) is 54.7 Å². The van der Waals surface area contributed by atoms with Crippen LogP contribution < -0.4 is 10.6 Å². The monoisotopic (exact) mass is 494 g/mol. The van der Waals surface area contributed by atoms with Gasteiger partial charge in [-0.2, -0.15) is 16.9 Å². The first-order valence-electron chi connectivity index (χ1n) is 11.1. The van der Waals surface area contributed by atoms with Gasteiger partial charge in [0.05, 0.1) is 11.9 Å². The molecule has 0 bridgehead atoms. The number of aryl methyl sites for hydroxylation is 1. The van der Waals surface area contributed by atoms with Crippen molar-refractivity contribution in [1.29, 1.82) is 0 Å². The largest absolute Gasteiger partial charge is 0.480 e. The van der Waals surface area contributed by atoms with Gasteiger partial charge in [-0.25, -0.2) is 9.59 Å². The number of carboxylic acid groups (broad SMARTS) is 1. The Labute approximate surface area is 206 Å². The van der Waals surface area contributed by atoms with Crippen LogP contribution in [0.2, 0.25) is 0 Å². The maximum atomic E-state index is 12.8. The first-order chi connectivity index (χ1) is 16.9. The maximum absolute atomic E-state index is 12.8. The highest BCUT2D eigenvalue weighted by atomic mass is 32.2. The third-order valence-corrected chi connectivity index (χ3v) is 6.59. The Hall–Kier alpha value is -3.79. The molecule has 1 heterocycles. The Morgan fingerprint density at radius 3 is 2.34 bits per heavy atom. The van der Waals surface area contributed by atoms with Crippen LogP contribution in [0, 0.1) is 0 Å². The number of aliphatic carboxylic acids is 1. The van der Waals surface area contributed by atoms with Gasteiger partial charge in [-0.1, -0.05) is 48.5 Å². The van der Waals surface area contributed by atoms with Crippen LogP contribution >= 0.6 is 11.8 Å². The summed E-state index contributed by atoms with van der Waals surface area (Å²) >= 11 is 1.49. The molecule has 0 saturated carbocycles. The molecule has 0 radical (unpaired) electrons. The third kappa shape index (κ3) is 5.17. The van der Waals surface area contributed by atoms with E-state index in [-0.39, 0.29) is 30.3 Å². The number of hydrogen-bond donors (Lipinski definition) is 3. The Bertz CT molecular complexity index is 1210. The fourth-order valence-electron chi connectivity index (χ4n) is 4.26. The summed E-state index contributed by atoms with van der Waals surface area (Å²) in [6, 6.07) is 15.0. The first kappa shape index (κ1) is 24.3. The lowest BCUT2D eigenvalue weighted by molar-refractivity contribution is -0.139. The Balaban J connectivity index is 1.44. The number of fused-ring (bicyclic) bond motifs is 3. The highest BCUT2D eigenvalue weighted by Crippen LogP contribution is 2.44. The fourth-order valence-corrected chi connectivity index (χ4v) is 4.73. The Kier molecular flexibility index (Phi) is 7.40. The molecular formula is C25H26N4O5S. The van der Waals surface area contributed by atoms with Gasteiger partial charge < -0.3 is 15.2 Å². The van der Waals surface area contributed by atoms with Gasteiger partial charge in [0.2, 0.25) is 0 Å². The lowest BCUT2D eigenvalue weighted by atomic mass is 9.98. The molecule has 0 saturated heterocycles. The summed E-state index contributed by atoms with van der Waals surface area (Å²) < 4.78 is 6.82. The summed E-state index contributed by atoms with van der Waals surface area (Å²) in [5.41, 5.74) is 4.60. The van der Waals surface area contributed by atoms with Gasteiger partial charge in [-0.15, -0.1) is 0 Å². The molecule has 1 aromatic heterocycles. The average Bonchev–Trinajstić information content (AvgIpc) is 3.37. The molecule has 35 heavy (non-hydrogen) atoms. The third-order valence-electron chi connectivity index (χ3n) is 5.95. The molecule has 0 aliphatic heterocycles. The van der Waals surface area contributed by atoms with Crippen LogP contribution in [-0.4, -0.2) is 57.5 Å². The molecule has 1 atom stereocenters. The number of carboxylic acids is 1. The van der Waals surface area contributed by atoms with E-state index in [4.69, 9.17) is 4.74 Å². The zero-order valence-electron chi connectivity index (χ0n) is 19.4. The van der Waals surface area contributed by atoms with Crippen molar-refractivity contribution in [3.05, 3.63) is 71.5 Å². The number of carbonyl (C=O) groups excluding carboxylic acids is 2. The Morgan fingerprint density at radius 1 is 1.11 bits per heavy atom. The molecule has 1 aliphatic carbocycles. The second kappa shape index (κ2) is 10.6. The molecule has 3 N–H and O–H groups in total. The van der Waals surface area contributed by atoms with Crippen molar-refractivity contribution < 1.29 is 24.2 Å². The molecule has 0 fully saturated rings. The summed E-state index contributed by atoms with van der Waals surface area (Å²) in [4.78, 5) is 37.0. The summed E-state index contributed by atoms with van der Waals surface area (Å²) in [5, 5.41) is 18.5. The molecule has 9 nitrogen and oxygen atoms in total. The maximum Gasteiger partial charge on any atom is 0.411 e. The zero-order chi connectivity index (χ0) is 24.9. The second-order valence-corrected chi connectivity index (χ2v) is 9.11. The summed E-state index contributed by atoms with van der Waals surface area (Å²) in [6.45, 7) is 0.122. The van der Waals surface area contributed by atoms with E-state index in [2.05, 4.69) is 27.9 Å². The molecular weight excluding hydrogens is 468 g/mol. The highest BCUT2D eigenvalue weighted by molar-refractivity contribution is 7.98. The van der Waals surface area contributed by atoms with Crippen molar-refractivity contribution in [2.24, 2.45) is 7.05 Å². The van der Waals surface area contributed by atoms with Crippen molar-refractivity contribution in [3.63, 3.8) is 0 Å². The predicted octanol–water partition coefficient (Wildman–Crippen LogP) is 3.72. The van der Waals surface area contributed by atoms with Crippen molar-refractivity contribution in [2.45, 2.75) is 18.4 Å². The fraction of sp³-hybridized carbons (Fsp3) is 0.280. The van der Waals surface area contributed by atoms with Crippen LogP contribution in [-0.2, 0) is 16.6 Å². The van der Waals surface area contributed by atoms with E-state index in [0.717, 1.165) is 22.3 Å². The molecule has 4 rings (SSSR count). The van der Waals surface area contributed by atoms with Crippen LogP contribution in [0.5, 0.6) is 0 Å². The number of nitrogens with one attached hydrogen (secondary N) is 2. The minimum absolute atomic E-state index is 0.0360. The lowest BCUT2D eigenvalue weighted by Crippen LogP contribution is -2.42. The number of anilines is 1. The van der Waals surface area contributed by atoms with Gasteiger partial charge in [0.25, 0.3) is 5.91 Å². The van der Waals surface area contributed by atoms with E-state index in [0.29, 0.717) is 5.75 Å². The minimum Gasteiger partial charge on any atom is -0.480 e. The normalized spacial score (nSPS) is 13.0. The van der Waals surface area contributed by atoms with Crippen molar-refractivity contribution in [2.75, 3.05) is 23.9 Å². The molecule has 3 aromatic rings. The zero-order valence-corrected chi connectivity index (χ0v) is 20.2. The Morgan fingerprint density at radius 2 is 1.74 bits per heavy atom. The van der Waals surface area contributed by atoms with Crippen molar-refractivity contribution in [1.82, 2.24) is 15.1 Å². The van der Waals surface area contributed by atoms with Crippen LogP contribution in [0.1, 0.15) is 34.0 Å². The van der Waals surface area contributed by atoms with Crippen LogP contribution in [0.4, 0.5) is 10.5 Å².